The molecule has 2 N–H and O–H groups in total. The molecule has 0 amide bonds. The smallest absolute Gasteiger partial charge is 0.00143 e. The third kappa shape index (κ3) is 8.78. The zero-order valence-electron chi connectivity index (χ0n) is 16.3. The van der Waals surface area contributed by atoms with Crippen molar-refractivity contribution >= 4 is 24.8 Å². The molecule has 0 bridgehead atoms. The van der Waals surface area contributed by atoms with Gasteiger partial charge in [0.2, 0.25) is 0 Å². The molecule has 2 atom stereocenters. The van der Waals surface area contributed by atoms with E-state index in [1.54, 1.807) is 0 Å². The van der Waals surface area contributed by atoms with Crippen LogP contribution in [0.2, 0.25) is 0 Å². The summed E-state index contributed by atoms with van der Waals surface area (Å²) in [6, 6.07) is 0. The van der Waals surface area contributed by atoms with Gasteiger partial charge in [-0.3, -0.25) is 0 Å². The number of hydrogen-bond acceptors (Lipinski definition) is 2. The van der Waals surface area contributed by atoms with E-state index < -0.39 is 0 Å². The molecule has 0 heterocycles. The van der Waals surface area contributed by atoms with Crippen molar-refractivity contribution in [3.05, 3.63) is 24.3 Å². The molecule has 1 fully saturated rings. The topological polar surface area (TPSA) is 24.1 Å². The van der Waals surface area contributed by atoms with Crippen LogP contribution in [0.4, 0.5) is 0 Å². The van der Waals surface area contributed by atoms with Gasteiger partial charge in [0.1, 0.15) is 0 Å². The SMILES string of the molecule is C1=CC(CNCC2CCC(CNCC3C=CCCC3)CC2)CCC1.Cl.Cl. The van der Waals surface area contributed by atoms with Crippen molar-refractivity contribution in [2.24, 2.45) is 23.7 Å². The van der Waals surface area contributed by atoms with E-state index in [1.807, 2.05) is 0 Å². The predicted octanol–water partition coefficient (Wildman–Crippen LogP) is 5.53. The standard InChI is InChI=1S/C22H38N2.2ClH/c1-3-7-19(8-4-1)15-23-17-21-11-13-22(14-12-21)18-24-16-20-9-5-2-6-10-20;;/h3,5,7,9,19-24H,1-2,4,6,8,10-18H2;2*1H. The van der Waals surface area contributed by atoms with Gasteiger partial charge >= 0.3 is 0 Å². The van der Waals surface area contributed by atoms with Gasteiger partial charge in [-0.2, -0.15) is 0 Å². The van der Waals surface area contributed by atoms with Gasteiger partial charge in [0.05, 0.1) is 0 Å². The fourth-order valence-corrected chi connectivity index (χ4v) is 4.69. The molecule has 0 aromatic rings. The van der Waals surface area contributed by atoms with Gasteiger partial charge in [0.25, 0.3) is 0 Å². The van der Waals surface area contributed by atoms with E-state index in [-0.39, 0.29) is 24.8 Å². The van der Waals surface area contributed by atoms with Crippen LogP contribution in [0.25, 0.3) is 0 Å². The van der Waals surface area contributed by atoms with Crippen LogP contribution in [0, 0.1) is 23.7 Å². The van der Waals surface area contributed by atoms with Crippen molar-refractivity contribution in [2.75, 3.05) is 26.2 Å². The Kier molecular flexibility index (Phi) is 13.0. The highest BCUT2D eigenvalue weighted by atomic mass is 35.5. The van der Waals surface area contributed by atoms with Crippen LogP contribution < -0.4 is 10.6 Å². The second kappa shape index (κ2) is 14.0. The molecule has 1 saturated carbocycles. The van der Waals surface area contributed by atoms with Gasteiger partial charge in [-0.05, 0) is 101 Å². The molecule has 0 saturated heterocycles. The number of nitrogens with one attached hydrogen (secondary N) is 2. The minimum absolute atomic E-state index is 0. The van der Waals surface area contributed by atoms with Gasteiger partial charge in [-0.1, -0.05) is 24.3 Å². The van der Waals surface area contributed by atoms with E-state index in [0.717, 1.165) is 23.7 Å². The average molecular weight is 403 g/mol. The van der Waals surface area contributed by atoms with Gasteiger partial charge < -0.3 is 10.6 Å². The Balaban J connectivity index is 0.00000169. The van der Waals surface area contributed by atoms with E-state index in [4.69, 9.17) is 0 Å². The Labute approximate surface area is 173 Å². The molecular formula is C22H40Cl2N2. The summed E-state index contributed by atoms with van der Waals surface area (Å²) in [7, 11) is 0. The minimum Gasteiger partial charge on any atom is -0.316 e. The molecule has 0 aromatic heterocycles. The van der Waals surface area contributed by atoms with Crippen molar-refractivity contribution in [2.45, 2.75) is 64.2 Å². The Bertz CT molecular complexity index is 365. The van der Waals surface area contributed by atoms with Crippen molar-refractivity contribution in [1.82, 2.24) is 10.6 Å². The maximum absolute atomic E-state index is 3.75. The molecule has 152 valence electrons. The van der Waals surface area contributed by atoms with Crippen LogP contribution in [0.5, 0.6) is 0 Å². The largest absolute Gasteiger partial charge is 0.316 e. The van der Waals surface area contributed by atoms with Crippen molar-refractivity contribution in [3.8, 4) is 0 Å². The van der Waals surface area contributed by atoms with Crippen molar-refractivity contribution in [1.29, 1.82) is 0 Å². The molecule has 0 aliphatic heterocycles. The normalized spacial score (nSPS) is 31.1. The lowest BCUT2D eigenvalue weighted by atomic mass is 9.81. The third-order valence-corrected chi connectivity index (χ3v) is 6.35. The lowest BCUT2D eigenvalue weighted by Crippen LogP contribution is -2.33. The lowest BCUT2D eigenvalue weighted by molar-refractivity contribution is 0.257. The molecule has 2 unspecified atom stereocenters. The summed E-state index contributed by atoms with van der Waals surface area (Å²) in [6.07, 6.45) is 23.5. The fraction of sp³-hybridized carbons (Fsp3) is 0.818. The number of allylic oxidation sites excluding steroid dienone is 2. The summed E-state index contributed by atoms with van der Waals surface area (Å²) < 4.78 is 0. The summed E-state index contributed by atoms with van der Waals surface area (Å²) in [5, 5.41) is 7.50. The van der Waals surface area contributed by atoms with E-state index in [0.29, 0.717) is 0 Å². The highest BCUT2D eigenvalue weighted by Crippen LogP contribution is 2.28. The van der Waals surface area contributed by atoms with Gasteiger partial charge in [-0.15, -0.1) is 24.8 Å². The van der Waals surface area contributed by atoms with Crippen molar-refractivity contribution in [3.63, 3.8) is 0 Å². The van der Waals surface area contributed by atoms with Crippen LogP contribution in [0.15, 0.2) is 24.3 Å². The van der Waals surface area contributed by atoms with E-state index in [2.05, 4.69) is 34.9 Å². The zero-order valence-corrected chi connectivity index (χ0v) is 18.0. The fourth-order valence-electron chi connectivity index (χ4n) is 4.69. The van der Waals surface area contributed by atoms with E-state index in [1.165, 1.54) is 90.4 Å². The first-order valence-corrected chi connectivity index (χ1v) is 10.6. The monoisotopic (exact) mass is 402 g/mol. The van der Waals surface area contributed by atoms with Crippen LogP contribution in [0.3, 0.4) is 0 Å². The van der Waals surface area contributed by atoms with E-state index >= 15 is 0 Å². The molecule has 0 spiro atoms. The maximum atomic E-state index is 3.75. The molecule has 0 aromatic carbocycles. The highest BCUT2D eigenvalue weighted by molar-refractivity contribution is 5.85. The first-order chi connectivity index (χ1) is 11.9. The Hall–Kier alpha value is -0.0200. The molecular weight excluding hydrogens is 363 g/mol. The van der Waals surface area contributed by atoms with Crippen LogP contribution in [-0.4, -0.2) is 26.2 Å². The lowest BCUT2D eigenvalue weighted by Gasteiger charge is -2.30. The quantitative estimate of drug-likeness (QED) is 0.521. The first kappa shape index (κ1) is 24.0. The summed E-state index contributed by atoms with van der Waals surface area (Å²) in [6.45, 7) is 4.90. The van der Waals surface area contributed by atoms with Crippen LogP contribution >= 0.6 is 24.8 Å². The third-order valence-electron chi connectivity index (χ3n) is 6.35. The minimum atomic E-state index is 0. The van der Waals surface area contributed by atoms with Crippen molar-refractivity contribution < 1.29 is 0 Å². The zero-order chi connectivity index (χ0) is 16.5. The molecule has 3 rings (SSSR count). The number of hydrogen-bond donors (Lipinski definition) is 2. The summed E-state index contributed by atoms with van der Waals surface area (Å²) in [5.74, 6) is 3.45. The van der Waals surface area contributed by atoms with Gasteiger partial charge in [0, 0.05) is 13.1 Å². The molecule has 3 aliphatic carbocycles. The Morgan fingerprint density at radius 2 is 1.00 bits per heavy atom. The second-order valence-corrected chi connectivity index (χ2v) is 8.44. The Morgan fingerprint density at radius 3 is 1.35 bits per heavy atom. The molecule has 26 heavy (non-hydrogen) atoms. The van der Waals surface area contributed by atoms with Gasteiger partial charge in [0.15, 0.2) is 0 Å². The molecule has 4 heteroatoms. The van der Waals surface area contributed by atoms with E-state index in [9.17, 15) is 0 Å². The van der Waals surface area contributed by atoms with Crippen LogP contribution in [0.1, 0.15) is 64.2 Å². The number of rotatable bonds is 8. The number of halogens is 2. The van der Waals surface area contributed by atoms with Crippen LogP contribution in [-0.2, 0) is 0 Å². The highest BCUT2D eigenvalue weighted by Gasteiger charge is 2.21. The average Bonchev–Trinajstić information content (AvgIpc) is 2.65. The predicted molar refractivity (Wildman–Crippen MR) is 119 cm³/mol. The molecule has 0 radical (unpaired) electrons. The summed E-state index contributed by atoms with van der Waals surface area (Å²) in [4.78, 5) is 0. The van der Waals surface area contributed by atoms with Gasteiger partial charge in [-0.25, -0.2) is 0 Å². The summed E-state index contributed by atoms with van der Waals surface area (Å²) >= 11 is 0. The molecule has 2 nitrogen and oxygen atoms in total. The summed E-state index contributed by atoms with van der Waals surface area (Å²) in [5.41, 5.74) is 0. The first-order valence-electron chi connectivity index (χ1n) is 10.6. The second-order valence-electron chi connectivity index (χ2n) is 8.44. The molecule has 3 aliphatic rings. The maximum Gasteiger partial charge on any atom is 0.00143 e. The Morgan fingerprint density at radius 1 is 0.577 bits per heavy atom.